The number of anilines is 1. The number of benzene rings is 2. The van der Waals surface area contributed by atoms with Crippen molar-refractivity contribution in [2.75, 3.05) is 12.4 Å². The molecule has 2 heterocycles. The lowest BCUT2D eigenvalue weighted by atomic mass is 10.0. The Morgan fingerprint density at radius 1 is 1.09 bits per heavy atom. The van der Waals surface area contributed by atoms with Crippen LogP contribution < -0.4 is 16.1 Å². The number of carbonyl (C=O) groups excluding carboxylic acids is 1. The highest BCUT2D eigenvalue weighted by Crippen LogP contribution is 2.23. The highest BCUT2D eigenvalue weighted by atomic mass is 16.4. The summed E-state index contributed by atoms with van der Waals surface area (Å²) in [4.78, 5) is 23.8. The zero-order chi connectivity index (χ0) is 24.1. The van der Waals surface area contributed by atoms with E-state index in [-0.39, 0.29) is 31.4 Å². The van der Waals surface area contributed by atoms with Crippen molar-refractivity contribution in [3.63, 3.8) is 0 Å². The van der Waals surface area contributed by atoms with Crippen LogP contribution in [0.1, 0.15) is 27.6 Å². The van der Waals surface area contributed by atoms with Crippen molar-refractivity contribution in [2.45, 2.75) is 19.7 Å². The Balaban J connectivity index is 1.44. The summed E-state index contributed by atoms with van der Waals surface area (Å²) >= 11 is 0. The fourth-order valence-corrected chi connectivity index (χ4v) is 3.35. The molecule has 0 bridgehead atoms. The zero-order valence-corrected chi connectivity index (χ0v) is 18.4. The third kappa shape index (κ3) is 5.13. The van der Waals surface area contributed by atoms with E-state index in [0.717, 1.165) is 16.8 Å². The molecule has 0 spiro atoms. The van der Waals surface area contributed by atoms with Crippen LogP contribution in [0.5, 0.6) is 5.75 Å². The lowest BCUT2D eigenvalue weighted by Gasteiger charge is -2.10. The molecule has 1 amide bonds. The van der Waals surface area contributed by atoms with Gasteiger partial charge in [0.2, 0.25) is 11.2 Å². The van der Waals surface area contributed by atoms with E-state index in [0.29, 0.717) is 17.0 Å². The number of carbonyl (C=O) groups is 1. The van der Waals surface area contributed by atoms with E-state index in [1.54, 1.807) is 25.4 Å². The minimum absolute atomic E-state index is 0.0916. The first kappa shape index (κ1) is 22.7. The quantitative estimate of drug-likeness (QED) is 0.313. The van der Waals surface area contributed by atoms with Crippen molar-refractivity contribution >= 4 is 11.6 Å². The second-order valence-electron chi connectivity index (χ2n) is 7.50. The average Bonchev–Trinajstić information content (AvgIpc) is 3.32. The van der Waals surface area contributed by atoms with Crippen LogP contribution >= 0.6 is 0 Å². The number of amides is 1. The maximum Gasteiger partial charge on any atom is 0.251 e. The fourth-order valence-electron chi connectivity index (χ4n) is 3.35. The molecule has 2 aromatic carbocycles. The van der Waals surface area contributed by atoms with Crippen LogP contribution in [0.4, 0.5) is 5.69 Å². The normalized spacial score (nSPS) is 10.8. The van der Waals surface area contributed by atoms with E-state index >= 15 is 0 Å². The van der Waals surface area contributed by atoms with Gasteiger partial charge in [0.05, 0.1) is 19.3 Å². The number of hydrogen-bond acceptors (Lipinski definition) is 8. The number of nitrogens with one attached hydrogen (secondary N) is 2. The summed E-state index contributed by atoms with van der Waals surface area (Å²) in [5, 5.41) is 32.6. The molecule has 10 heteroatoms. The first-order valence-electron chi connectivity index (χ1n) is 10.5. The molecular formula is C24H23N5O5. The molecule has 4 rings (SSSR count). The van der Waals surface area contributed by atoms with E-state index in [9.17, 15) is 14.7 Å². The minimum Gasteiger partial charge on any atom is -0.502 e. The van der Waals surface area contributed by atoms with Crippen LogP contribution in [0.3, 0.4) is 0 Å². The van der Waals surface area contributed by atoms with Gasteiger partial charge in [-0.3, -0.25) is 9.59 Å². The molecule has 0 saturated heterocycles. The van der Waals surface area contributed by atoms with Gasteiger partial charge in [-0.25, -0.2) is 4.68 Å². The van der Waals surface area contributed by atoms with Gasteiger partial charge in [-0.15, -0.1) is 5.10 Å². The SMILES string of the molecule is CNC(=O)c1ccc(-c2ccc(NCc3oc(Cn4cc(CO)nn4)cc(=O)c3O)cc2)cc1. The smallest absolute Gasteiger partial charge is 0.251 e. The summed E-state index contributed by atoms with van der Waals surface area (Å²) in [6, 6.07) is 16.1. The largest absolute Gasteiger partial charge is 0.502 e. The molecule has 10 nitrogen and oxygen atoms in total. The van der Waals surface area contributed by atoms with Gasteiger partial charge in [0.1, 0.15) is 18.0 Å². The molecule has 4 aromatic rings. The third-order valence-corrected chi connectivity index (χ3v) is 5.16. The summed E-state index contributed by atoms with van der Waals surface area (Å²) in [6.07, 6.45) is 1.54. The predicted octanol–water partition coefficient (Wildman–Crippen LogP) is 2.12. The van der Waals surface area contributed by atoms with Crippen molar-refractivity contribution in [3.8, 4) is 16.9 Å². The second kappa shape index (κ2) is 10.0. The summed E-state index contributed by atoms with van der Waals surface area (Å²) in [5.41, 5.74) is 3.13. The number of rotatable bonds is 8. The van der Waals surface area contributed by atoms with E-state index < -0.39 is 11.2 Å². The Bertz CT molecular complexity index is 1340. The molecule has 0 saturated carbocycles. The second-order valence-corrected chi connectivity index (χ2v) is 7.50. The number of aromatic hydroxyl groups is 1. The summed E-state index contributed by atoms with van der Waals surface area (Å²) < 4.78 is 7.12. The molecule has 174 valence electrons. The van der Waals surface area contributed by atoms with Crippen LogP contribution in [0.2, 0.25) is 0 Å². The number of hydrogen-bond donors (Lipinski definition) is 4. The molecule has 0 aliphatic carbocycles. The van der Waals surface area contributed by atoms with Crippen molar-refractivity contribution in [1.82, 2.24) is 20.3 Å². The van der Waals surface area contributed by atoms with Gasteiger partial charge in [-0.2, -0.15) is 0 Å². The Hall–Kier alpha value is -4.44. The van der Waals surface area contributed by atoms with Crippen molar-refractivity contribution in [2.24, 2.45) is 0 Å². The summed E-state index contributed by atoms with van der Waals surface area (Å²) in [6.45, 7) is -0.0218. The Morgan fingerprint density at radius 2 is 1.76 bits per heavy atom. The van der Waals surface area contributed by atoms with E-state index in [2.05, 4.69) is 20.9 Å². The van der Waals surface area contributed by atoms with Gasteiger partial charge in [-0.05, 0) is 35.4 Å². The lowest BCUT2D eigenvalue weighted by molar-refractivity contribution is 0.0963. The maximum atomic E-state index is 12.2. The lowest BCUT2D eigenvalue weighted by Crippen LogP contribution is -2.17. The summed E-state index contributed by atoms with van der Waals surface area (Å²) in [7, 11) is 1.59. The minimum atomic E-state index is -0.559. The van der Waals surface area contributed by atoms with E-state index in [4.69, 9.17) is 9.52 Å². The Morgan fingerprint density at radius 3 is 2.38 bits per heavy atom. The van der Waals surface area contributed by atoms with E-state index in [1.165, 1.54) is 10.7 Å². The highest BCUT2D eigenvalue weighted by Gasteiger charge is 2.13. The third-order valence-electron chi connectivity index (χ3n) is 5.16. The van der Waals surface area contributed by atoms with E-state index in [1.807, 2.05) is 36.4 Å². The van der Waals surface area contributed by atoms with Crippen molar-refractivity contribution in [1.29, 1.82) is 0 Å². The van der Waals surface area contributed by atoms with Gasteiger partial charge in [0.15, 0.2) is 5.76 Å². The zero-order valence-electron chi connectivity index (χ0n) is 18.4. The van der Waals surface area contributed by atoms with Crippen molar-refractivity contribution in [3.05, 3.63) is 93.8 Å². The highest BCUT2D eigenvalue weighted by molar-refractivity contribution is 5.94. The Kier molecular flexibility index (Phi) is 6.69. The average molecular weight is 461 g/mol. The number of nitrogens with zero attached hydrogens (tertiary/aromatic N) is 3. The molecule has 0 radical (unpaired) electrons. The Labute approximate surface area is 194 Å². The molecule has 0 aliphatic rings. The monoisotopic (exact) mass is 461 g/mol. The number of aliphatic hydroxyl groups excluding tert-OH is 1. The van der Waals surface area contributed by atoms with Crippen LogP contribution in [0.25, 0.3) is 11.1 Å². The van der Waals surface area contributed by atoms with Gasteiger partial charge >= 0.3 is 0 Å². The number of aromatic nitrogens is 3. The molecule has 0 unspecified atom stereocenters. The van der Waals surface area contributed by atoms with Crippen LogP contribution in [0, 0.1) is 0 Å². The molecule has 0 atom stereocenters. The standard InChI is InChI=1S/C24H23N5O5/c1-25-24(33)17-4-2-15(3-5-17)16-6-8-18(9-7-16)26-11-22-23(32)21(31)10-20(34-22)13-29-12-19(14-30)27-28-29/h2-10,12,26,30,32H,11,13-14H2,1H3,(H,25,33). The topological polar surface area (TPSA) is 143 Å². The molecule has 34 heavy (non-hydrogen) atoms. The summed E-state index contributed by atoms with van der Waals surface area (Å²) in [5.74, 6) is -0.205. The van der Waals surface area contributed by atoms with Crippen LogP contribution in [-0.2, 0) is 19.7 Å². The van der Waals surface area contributed by atoms with Gasteiger partial charge in [-0.1, -0.05) is 29.5 Å². The molecule has 4 N–H and O–H groups in total. The van der Waals surface area contributed by atoms with Gasteiger partial charge in [0, 0.05) is 24.4 Å². The molecule has 0 aliphatic heterocycles. The van der Waals surface area contributed by atoms with Crippen molar-refractivity contribution < 1.29 is 19.4 Å². The van der Waals surface area contributed by atoms with Crippen LogP contribution in [0.15, 0.2) is 70.0 Å². The number of aliphatic hydroxyl groups is 1. The predicted molar refractivity (Wildman–Crippen MR) is 124 cm³/mol. The fraction of sp³-hybridized carbons (Fsp3) is 0.167. The molecule has 2 aromatic heterocycles. The molecule has 0 fully saturated rings. The molecular weight excluding hydrogens is 438 g/mol. The maximum absolute atomic E-state index is 12.2. The van der Waals surface area contributed by atoms with Gasteiger partial charge < -0.3 is 25.3 Å². The first-order valence-corrected chi connectivity index (χ1v) is 10.5. The van der Waals surface area contributed by atoms with Gasteiger partial charge in [0.25, 0.3) is 5.91 Å². The first-order chi connectivity index (χ1) is 16.5. The van der Waals surface area contributed by atoms with Crippen LogP contribution in [-0.4, -0.2) is 38.2 Å².